The van der Waals surface area contributed by atoms with Crippen molar-refractivity contribution in [2.24, 2.45) is 0 Å². The third-order valence-corrected chi connectivity index (χ3v) is 3.41. The Bertz CT molecular complexity index is 584. The van der Waals surface area contributed by atoms with E-state index in [0.717, 1.165) is 12.1 Å². The zero-order valence-electron chi connectivity index (χ0n) is 10.6. The van der Waals surface area contributed by atoms with Crippen LogP contribution < -0.4 is 4.74 Å². The molecule has 1 aromatic rings. The molecule has 0 saturated carbocycles. The molecule has 0 spiro atoms. The van der Waals surface area contributed by atoms with Gasteiger partial charge in [-0.3, -0.25) is 4.79 Å². The smallest absolute Gasteiger partial charge is 0.459 e. The average molecular weight is 301 g/mol. The highest BCUT2D eigenvalue weighted by atomic mass is 19.4. The fourth-order valence-corrected chi connectivity index (χ4v) is 2.54. The molecule has 5 nitrogen and oxygen atoms in total. The van der Waals surface area contributed by atoms with Crippen molar-refractivity contribution in [1.82, 2.24) is 4.90 Å². The van der Waals surface area contributed by atoms with Crippen molar-refractivity contribution < 1.29 is 32.2 Å². The quantitative estimate of drug-likeness (QED) is 0.781. The van der Waals surface area contributed by atoms with E-state index < -0.39 is 30.0 Å². The van der Waals surface area contributed by atoms with Crippen LogP contribution in [0.1, 0.15) is 16.8 Å². The predicted molar refractivity (Wildman–Crippen MR) is 62.4 cm³/mol. The first-order valence-electron chi connectivity index (χ1n) is 6.21. The molecule has 2 saturated heterocycles. The summed E-state index contributed by atoms with van der Waals surface area (Å²) >= 11 is 0. The number of alkyl halides is 3. The highest BCUT2D eigenvalue weighted by molar-refractivity contribution is 5.98. The first-order chi connectivity index (χ1) is 9.83. The summed E-state index contributed by atoms with van der Waals surface area (Å²) in [6.07, 6.45) is -4.58. The number of fused-ring (bicyclic) bond motifs is 2. The molecule has 2 heterocycles. The molecule has 2 aliphatic heterocycles. The summed E-state index contributed by atoms with van der Waals surface area (Å²) in [5.41, 5.74) is 0.199. The Balaban J connectivity index is 1.72. The van der Waals surface area contributed by atoms with Gasteiger partial charge in [0.25, 0.3) is 5.91 Å². The lowest BCUT2D eigenvalue weighted by atomic mass is 10.1. The summed E-state index contributed by atoms with van der Waals surface area (Å²) in [7, 11) is 0. The molecule has 3 rings (SSSR count). The molecule has 1 aromatic carbocycles. The molecule has 0 aliphatic carbocycles. The van der Waals surface area contributed by atoms with E-state index >= 15 is 0 Å². The minimum Gasteiger partial charge on any atom is -0.459 e. The summed E-state index contributed by atoms with van der Waals surface area (Å²) in [5.74, 6) is -1.24. The number of benzene rings is 1. The number of likely N-dealkylation sites (tertiary alicyclic amines) is 1. The molecule has 21 heavy (non-hydrogen) atoms. The number of carbonyl (C=O) groups is 2. The van der Waals surface area contributed by atoms with Gasteiger partial charge < -0.3 is 14.4 Å². The largest absolute Gasteiger partial charge is 0.573 e. The van der Waals surface area contributed by atoms with Crippen LogP contribution in [0.3, 0.4) is 0 Å². The number of carbonyl (C=O) groups excluding carboxylic acids is 2. The van der Waals surface area contributed by atoms with Gasteiger partial charge in [0.1, 0.15) is 17.9 Å². The van der Waals surface area contributed by atoms with Crippen LogP contribution in [0.2, 0.25) is 0 Å². The molecule has 2 atom stereocenters. The van der Waals surface area contributed by atoms with Crippen LogP contribution >= 0.6 is 0 Å². The maximum Gasteiger partial charge on any atom is 0.573 e. The van der Waals surface area contributed by atoms with Crippen LogP contribution in [0, 0.1) is 0 Å². The van der Waals surface area contributed by atoms with E-state index in [9.17, 15) is 22.8 Å². The summed E-state index contributed by atoms with van der Waals surface area (Å²) in [6, 6.07) is 4.01. The molecule has 8 heteroatoms. The summed E-state index contributed by atoms with van der Waals surface area (Å²) in [5, 5.41) is 0. The zero-order chi connectivity index (χ0) is 15.2. The van der Waals surface area contributed by atoms with Crippen LogP contribution in [0.5, 0.6) is 5.75 Å². The summed E-state index contributed by atoms with van der Waals surface area (Å²) in [4.78, 5) is 25.1. The molecular formula is C13H10F3NO4. The SMILES string of the molecule is O=C1O[C@H]2C[C@@H]1N(C(=O)c1ccc(OC(F)(F)F)cc1)C2. The van der Waals surface area contributed by atoms with Crippen LogP contribution in [0.4, 0.5) is 13.2 Å². The van der Waals surface area contributed by atoms with E-state index in [4.69, 9.17) is 4.74 Å². The number of ether oxygens (including phenoxy) is 2. The van der Waals surface area contributed by atoms with Gasteiger partial charge in [-0.05, 0) is 24.3 Å². The Morgan fingerprint density at radius 2 is 1.95 bits per heavy atom. The minimum atomic E-state index is -4.77. The van der Waals surface area contributed by atoms with Crippen molar-refractivity contribution in [1.29, 1.82) is 0 Å². The second-order valence-electron chi connectivity index (χ2n) is 4.84. The second-order valence-corrected chi connectivity index (χ2v) is 4.84. The van der Waals surface area contributed by atoms with Crippen molar-refractivity contribution >= 4 is 11.9 Å². The minimum absolute atomic E-state index is 0.199. The van der Waals surface area contributed by atoms with Gasteiger partial charge in [0.05, 0.1) is 6.54 Å². The topological polar surface area (TPSA) is 55.8 Å². The predicted octanol–water partition coefficient (Wildman–Crippen LogP) is 1.73. The Hall–Kier alpha value is -2.25. The van der Waals surface area contributed by atoms with E-state index in [-0.39, 0.29) is 11.7 Å². The lowest BCUT2D eigenvalue weighted by Crippen LogP contribution is -2.44. The zero-order valence-corrected chi connectivity index (χ0v) is 10.6. The normalized spacial score (nSPS) is 24.1. The number of amides is 1. The maximum absolute atomic E-state index is 12.2. The van der Waals surface area contributed by atoms with E-state index in [0.29, 0.717) is 13.0 Å². The molecule has 2 bridgehead atoms. The van der Waals surface area contributed by atoms with Gasteiger partial charge in [-0.25, -0.2) is 4.79 Å². The van der Waals surface area contributed by atoms with Crippen molar-refractivity contribution in [3.8, 4) is 5.75 Å². The molecule has 112 valence electrons. The Morgan fingerprint density at radius 1 is 1.29 bits per heavy atom. The van der Waals surface area contributed by atoms with Crippen molar-refractivity contribution in [2.45, 2.75) is 24.9 Å². The lowest BCUT2D eigenvalue weighted by molar-refractivity contribution is -0.274. The average Bonchev–Trinajstić information content (AvgIpc) is 2.96. The second kappa shape index (κ2) is 4.64. The van der Waals surface area contributed by atoms with Gasteiger partial charge >= 0.3 is 12.3 Å². The van der Waals surface area contributed by atoms with E-state index in [1.807, 2.05) is 0 Å². The number of rotatable bonds is 2. The highest BCUT2D eigenvalue weighted by Crippen LogP contribution is 2.30. The number of nitrogens with zero attached hydrogens (tertiary/aromatic N) is 1. The molecular weight excluding hydrogens is 291 g/mol. The van der Waals surface area contributed by atoms with Crippen LogP contribution in [0.25, 0.3) is 0 Å². The number of hydrogen-bond donors (Lipinski definition) is 0. The van der Waals surface area contributed by atoms with Gasteiger partial charge in [0.15, 0.2) is 0 Å². The number of esters is 1. The molecule has 0 unspecified atom stereocenters. The Morgan fingerprint density at radius 3 is 2.48 bits per heavy atom. The molecule has 0 aromatic heterocycles. The van der Waals surface area contributed by atoms with E-state index in [1.165, 1.54) is 17.0 Å². The fourth-order valence-electron chi connectivity index (χ4n) is 2.54. The fraction of sp³-hybridized carbons (Fsp3) is 0.385. The number of hydrogen-bond acceptors (Lipinski definition) is 4. The van der Waals surface area contributed by atoms with Crippen LogP contribution in [-0.4, -0.2) is 41.8 Å². The van der Waals surface area contributed by atoms with E-state index in [2.05, 4.69) is 4.74 Å². The summed E-state index contributed by atoms with van der Waals surface area (Å²) < 4.78 is 44.8. The van der Waals surface area contributed by atoms with Gasteiger partial charge in [-0.2, -0.15) is 0 Å². The van der Waals surface area contributed by atoms with Crippen molar-refractivity contribution in [2.75, 3.05) is 6.54 Å². The van der Waals surface area contributed by atoms with Crippen molar-refractivity contribution in [3.63, 3.8) is 0 Å². The van der Waals surface area contributed by atoms with Gasteiger partial charge in [-0.15, -0.1) is 13.2 Å². The first-order valence-corrected chi connectivity index (χ1v) is 6.21. The van der Waals surface area contributed by atoms with Crippen molar-refractivity contribution in [3.05, 3.63) is 29.8 Å². The summed E-state index contributed by atoms with van der Waals surface area (Å²) in [6.45, 7) is 0.316. The highest BCUT2D eigenvalue weighted by Gasteiger charge is 2.48. The monoisotopic (exact) mass is 301 g/mol. The third-order valence-electron chi connectivity index (χ3n) is 3.41. The Labute approximate surface area is 117 Å². The molecule has 0 radical (unpaired) electrons. The molecule has 0 N–H and O–H groups in total. The molecule has 2 fully saturated rings. The number of halogens is 3. The van der Waals surface area contributed by atoms with Gasteiger partial charge in [0, 0.05) is 12.0 Å². The van der Waals surface area contributed by atoms with E-state index in [1.54, 1.807) is 0 Å². The van der Waals surface area contributed by atoms with Crippen LogP contribution in [-0.2, 0) is 9.53 Å². The first kappa shape index (κ1) is 13.7. The number of morpholine rings is 1. The lowest BCUT2D eigenvalue weighted by Gasteiger charge is -2.25. The van der Waals surface area contributed by atoms with Gasteiger partial charge in [0.2, 0.25) is 0 Å². The standard InChI is InChI=1S/C13H10F3NO4/c14-13(15,16)21-8-3-1-7(2-4-8)11(18)17-6-9-5-10(17)12(19)20-9/h1-4,9-10H,5-6H2/t9-,10-/m0/s1. The maximum atomic E-state index is 12.2. The van der Waals surface area contributed by atoms with Gasteiger partial charge in [-0.1, -0.05) is 0 Å². The third kappa shape index (κ3) is 2.65. The van der Waals surface area contributed by atoms with Crippen LogP contribution in [0.15, 0.2) is 24.3 Å². The molecule has 2 aliphatic rings. The Kier molecular flexibility index (Phi) is 3.03. The molecule has 1 amide bonds.